The van der Waals surface area contributed by atoms with Gasteiger partial charge in [0.05, 0.1) is 5.56 Å². The van der Waals surface area contributed by atoms with Gasteiger partial charge in [-0.2, -0.15) is 13.2 Å². The summed E-state index contributed by atoms with van der Waals surface area (Å²) in [6.45, 7) is 0. The van der Waals surface area contributed by atoms with Crippen LogP contribution in [0.4, 0.5) is 13.2 Å². The fourth-order valence-electron chi connectivity index (χ4n) is 3.11. The van der Waals surface area contributed by atoms with Gasteiger partial charge in [0.2, 0.25) is 0 Å². The first-order chi connectivity index (χ1) is 11.7. The summed E-state index contributed by atoms with van der Waals surface area (Å²) in [6, 6.07) is 4.69. The number of amides is 1. The minimum absolute atomic E-state index is 0.260. The molecular weight excluding hydrogens is 335 g/mol. The number of halogens is 3. The van der Waals surface area contributed by atoms with E-state index in [-0.39, 0.29) is 5.56 Å². The Labute approximate surface area is 141 Å². The standard InChI is InChI=1S/C17H16F3N3O2/c18-17(19,20)16(25)6-12(7-16)22-15(24)11-5-10-3-4-13(9-1-2-9)23-14(10)21-8-11/h3-5,8-9,12,25H,1-2,6-7H2,(H,22,24)/t12-,16+. The molecule has 2 saturated carbocycles. The molecule has 0 atom stereocenters. The van der Waals surface area contributed by atoms with Crippen molar-refractivity contribution in [2.24, 2.45) is 0 Å². The summed E-state index contributed by atoms with van der Waals surface area (Å²) in [5, 5.41) is 12.6. The zero-order valence-corrected chi connectivity index (χ0v) is 13.2. The zero-order valence-electron chi connectivity index (χ0n) is 13.2. The number of aliphatic hydroxyl groups is 1. The number of aromatic nitrogens is 2. The molecule has 2 N–H and O–H groups in total. The third kappa shape index (κ3) is 2.95. The number of fused-ring (bicyclic) bond motifs is 1. The van der Waals surface area contributed by atoms with Gasteiger partial charge in [0.15, 0.2) is 11.2 Å². The fourth-order valence-corrected chi connectivity index (χ4v) is 3.11. The molecule has 25 heavy (non-hydrogen) atoms. The molecule has 2 aliphatic carbocycles. The average molecular weight is 351 g/mol. The van der Waals surface area contributed by atoms with Gasteiger partial charge in [-0.15, -0.1) is 0 Å². The lowest BCUT2D eigenvalue weighted by molar-refractivity contribution is -0.291. The highest BCUT2D eigenvalue weighted by Gasteiger charge is 2.61. The van der Waals surface area contributed by atoms with Crippen molar-refractivity contribution in [3.8, 4) is 0 Å². The summed E-state index contributed by atoms with van der Waals surface area (Å²) >= 11 is 0. The highest BCUT2D eigenvalue weighted by atomic mass is 19.4. The second-order valence-electron chi connectivity index (χ2n) is 6.89. The van der Waals surface area contributed by atoms with Crippen molar-refractivity contribution >= 4 is 16.9 Å². The van der Waals surface area contributed by atoms with Crippen molar-refractivity contribution in [3.05, 3.63) is 35.7 Å². The summed E-state index contributed by atoms with van der Waals surface area (Å²) in [7, 11) is 0. The SMILES string of the molecule is O=C(N[C@H]1C[C@](O)(C(F)(F)F)C1)c1cnc2nc(C3CC3)ccc2c1. The van der Waals surface area contributed by atoms with Crippen molar-refractivity contribution in [2.45, 2.75) is 49.4 Å². The van der Waals surface area contributed by atoms with Gasteiger partial charge in [0.1, 0.15) is 0 Å². The zero-order chi connectivity index (χ0) is 17.8. The molecule has 0 saturated heterocycles. The van der Waals surface area contributed by atoms with E-state index in [0.29, 0.717) is 17.0 Å². The summed E-state index contributed by atoms with van der Waals surface area (Å²) in [5.74, 6) is -0.00457. The first-order valence-electron chi connectivity index (χ1n) is 8.12. The lowest BCUT2D eigenvalue weighted by Crippen LogP contribution is -2.62. The molecule has 2 aromatic heterocycles. The first kappa shape index (κ1) is 16.3. The molecule has 0 aliphatic heterocycles. The molecule has 2 aromatic rings. The number of nitrogens with one attached hydrogen (secondary N) is 1. The Balaban J connectivity index is 1.45. The highest BCUT2D eigenvalue weighted by molar-refractivity contribution is 5.97. The molecule has 2 aliphatic rings. The Hall–Kier alpha value is -2.22. The molecule has 0 radical (unpaired) electrons. The van der Waals surface area contributed by atoms with Crippen LogP contribution in [-0.4, -0.2) is 38.8 Å². The molecule has 2 heterocycles. The molecule has 4 rings (SSSR count). The van der Waals surface area contributed by atoms with Gasteiger partial charge in [-0.05, 0) is 31.0 Å². The Kier molecular flexibility index (Phi) is 3.50. The molecule has 0 unspecified atom stereocenters. The van der Waals surface area contributed by atoms with E-state index in [9.17, 15) is 23.1 Å². The third-order valence-corrected chi connectivity index (χ3v) is 4.85. The second-order valence-corrected chi connectivity index (χ2v) is 6.89. The minimum atomic E-state index is -4.68. The monoisotopic (exact) mass is 351 g/mol. The van der Waals surface area contributed by atoms with E-state index >= 15 is 0 Å². The Bertz CT molecular complexity index is 843. The van der Waals surface area contributed by atoms with E-state index in [2.05, 4.69) is 15.3 Å². The van der Waals surface area contributed by atoms with E-state index in [0.717, 1.165) is 18.5 Å². The number of rotatable bonds is 3. The number of hydrogen-bond acceptors (Lipinski definition) is 4. The van der Waals surface area contributed by atoms with Crippen molar-refractivity contribution in [3.63, 3.8) is 0 Å². The quantitative estimate of drug-likeness (QED) is 0.892. The van der Waals surface area contributed by atoms with Gasteiger partial charge in [-0.3, -0.25) is 4.79 Å². The minimum Gasteiger partial charge on any atom is -0.380 e. The van der Waals surface area contributed by atoms with E-state index < -0.39 is 36.6 Å². The lowest BCUT2D eigenvalue weighted by atomic mass is 9.75. The lowest BCUT2D eigenvalue weighted by Gasteiger charge is -2.44. The summed E-state index contributed by atoms with van der Waals surface area (Å²) in [6.07, 6.45) is -2.11. The van der Waals surface area contributed by atoms with Gasteiger partial charge in [-0.25, -0.2) is 9.97 Å². The number of pyridine rings is 2. The predicted molar refractivity (Wildman–Crippen MR) is 83.0 cm³/mol. The normalized spacial score (nSPS) is 26.3. The maximum atomic E-state index is 12.6. The van der Waals surface area contributed by atoms with Crippen molar-refractivity contribution < 1.29 is 23.1 Å². The number of carbonyl (C=O) groups excluding carboxylic acids is 1. The molecule has 0 spiro atoms. The second kappa shape index (κ2) is 5.39. The van der Waals surface area contributed by atoms with Crippen LogP contribution in [0.3, 0.4) is 0 Å². The van der Waals surface area contributed by atoms with Crippen molar-refractivity contribution in [2.75, 3.05) is 0 Å². The van der Waals surface area contributed by atoms with E-state index in [4.69, 9.17) is 0 Å². The van der Waals surface area contributed by atoms with Crippen LogP contribution in [0.2, 0.25) is 0 Å². The van der Waals surface area contributed by atoms with Crippen LogP contribution in [0.25, 0.3) is 11.0 Å². The van der Waals surface area contributed by atoms with Crippen LogP contribution in [0.1, 0.15) is 47.7 Å². The van der Waals surface area contributed by atoms with Crippen LogP contribution in [0, 0.1) is 0 Å². The molecule has 0 bridgehead atoms. The Morgan fingerprint density at radius 2 is 2.00 bits per heavy atom. The molecular formula is C17H16F3N3O2. The molecule has 1 amide bonds. The average Bonchev–Trinajstić information content (AvgIpc) is 3.36. The van der Waals surface area contributed by atoms with Crippen LogP contribution >= 0.6 is 0 Å². The van der Waals surface area contributed by atoms with Crippen molar-refractivity contribution in [1.29, 1.82) is 0 Å². The van der Waals surface area contributed by atoms with Gasteiger partial charge in [0.25, 0.3) is 5.91 Å². The number of carbonyl (C=O) groups is 1. The number of alkyl halides is 3. The summed E-state index contributed by atoms with van der Waals surface area (Å²) < 4.78 is 37.8. The highest BCUT2D eigenvalue weighted by Crippen LogP contribution is 2.45. The first-order valence-corrected chi connectivity index (χ1v) is 8.12. The van der Waals surface area contributed by atoms with Crippen LogP contribution in [0.5, 0.6) is 0 Å². The largest absolute Gasteiger partial charge is 0.417 e. The van der Waals surface area contributed by atoms with Crippen molar-refractivity contribution in [1.82, 2.24) is 15.3 Å². The van der Waals surface area contributed by atoms with Gasteiger partial charge < -0.3 is 10.4 Å². The maximum absolute atomic E-state index is 12.6. The summed E-state index contributed by atoms with van der Waals surface area (Å²) in [4.78, 5) is 20.9. The van der Waals surface area contributed by atoms with Crippen LogP contribution in [0.15, 0.2) is 24.4 Å². The molecule has 132 valence electrons. The Morgan fingerprint density at radius 3 is 2.64 bits per heavy atom. The summed E-state index contributed by atoms with van der Waals surface area (Å²) in [5.41, 5.74) is -0.888. The van der Waals surface area contributed by atoms with E-state index in [1.165, 1.54) is 6.20 Å². The van der Waals surface area contributed by atoms with E-state index in [1.54, 1.807) is 6.07 Å². The Morgan fingerprint density at radius 1 is 1.28 bits per heavy atom. The molecule has 5 nitrogen and oxygen atoms in total. The number of nitrogens with zero attached hydrogens (tertiary/aromatic N) is 2. The number of hydrogen-bond donors (Lipinski definition) is 2. The smallest absolute Gasteiger partial charge is 0.380 e. The molecule has 8 heteroatoms. The molecule has 0 aromatic carbocycles. The third-order valence-electron chi connectivity index (χ3n) is 4.85. The topological polar surface area (TPSA) is 75.1 Å². The maximum Gasteiger partial charge on any atom is 0.417 e. The molecule has 2 fully saturated rings. The van der Waals surface area contributed by atoms with Gasteiger partial charge >= 0.3 is 6.18 Å². The van der Waals surface area contributed by atoms with Gasteiger partial charge in [-0.1, -0.05) is 0 Å². The fraction of sp³-hybridized carbons (Fsp3) is 0.471. The van der Waals surface area contributed by atoms with E-state index in [1.807, 2.05) is 12.1 Å². The van der Waals surface area contributed by atoms with Gasteiger partial charge in [0, 0.05) is 42.1 Å². The van der Waals surface area contributed by atoms with Crippen LogP contribution < -0.4 is 5.32 Å². The van der Waals surface area contributed by atoms with Crippen LogP contribution in [-0.2, 0) is 0 Å². The predicted octanol–water partition coefficient (Wildman–Crippen LogP) is 2.69.